The van der Waals surface area contributed by atoms with Gasteiger partial charge in [0, 0.05) is 24.8 Å². The molecule has 0 unspecified atom stereocenters. The first-order valence-corrected chi connectivity index (χ1v) is 9.38. The third kappa shape index (κ3) is 3.33. The third-order valence-electron chi connectivity index (χ3n) is 5.03. The minimum absolute atomic E-state index is 0.0306. The molecular formula is C22H23N3O3. The van der Waals surface area contributed by atoms with Gasteiger partial charge in [-0.15, -0.1) is 0 Å². The first-order valence-electron chi connectivity index (χ1n) is 9.38. The molecule has 0 atom stereocenters. The highest BCUT2D eigenvalue weighted by Crippen LogP contribution is 2.34. The molecule has 0 spiro atoms. The Hall–Kier alpha value is -3.28. The van der Waals surface area contributed by atoms with Gasteiger partial charge in [-0.05, 0) is 42.7 Å². The molecule has 2 aromatic carbocycles. The Labute approximate surface area is 164 Å². The van der Waals surface area contributed by atoms with Crippen LogP contribution in [0.3, 0.4) is 0 Å². The Morgan fingerprint density at radius 2 is 1.68 bits per heavy atom. The molecule has 0 bridgehead atoms. The van der Waals surface area contributed by atoms with Crippen molar-refractivity contribution in [3.05, 3.63) is 60.4 Å². The lowest BCUT2D eigenvalue weighted by atomic mass is 10.0. The summed E-state index contributed by atoms with van der Waals surface area (Å²) in [4.78, 5) is 15.0. The highest BCUT2D eigenvalue weighted by atomic mass is 16.5. The molecule has 6 nitrogen and oxygen atoms in total. The first-order chi connectivity index (χ1) is 13.7. The molecule has 2 heterocycles. The van der Waals surface area contributed by atoms with E-state index in [1.807, 2.05) is 59.6 Å². The SMILES string of the molecule is COc1ccc(-c2cn(-c3ccccc3)nc2C(=O)N2CCCC2)cc1OC. The van der Waals surface area contributed by atoms with Crippen LogP contribution in [-0.4, -0.2) is 47.9 Å². The molecule has 28 heavy (non-hydrogen) atoms. The zero-order valence-corrected chi connectivity index (χ0v) is 16.1. The summed E-state index contributed by atoms with van der Waals surface area (Å²) in [6, 6.07) is 15.5. The summed E-state index contributed by atoms with van der Waals surface area (Å²) in [5.74, 6) is 1.23. The van der Waals surface area contributed by atoms with Crippen LogP contribution in [0.4, 0.5) is 0 Å². The second-order valence-electron chi connectivity index (χ2n) is 6.74. The minimum Gasteiger partial charge on any atom is -0.493 e. The van der Waals surface area contributed by atoms with E-state index in [0.717, 1.165) is 42.7 Å². The van der Waals surface area contributed by atoms with Crippen molar-refractivity contribution in [3.8, 4) is 28.3 Å². The summed E-state index contributed by atoms with van der Waals surface area (Å²) in [6.07, 6.45) is 3.98. The second kappa shape index (κ2) is 7.76. The summed E-state index contributed by atoms with van der Waals surface area (Å²) in [5, 5.41) is 4.65. The summed E-state index contributed by atoms with van der Waals surface area (Å²) in [5.41, 5.74) is 3.01. The number of rotatable bonds is 5. The zero-order valence-electron chi connectivity index (χ0n) is 16.1. The van der Waals surface area contributed by atoms with E-state index in [-0.39, 0.29) is 5.91 Å². The number of methoxy groups -OCH3 is 2. The number of nitrogens with zero attached hydrogens (tertiary/aromatic N) is 3. The largest absolute Gasteiger partial charge is 0.493 e. The topological polar surface area (TPSA) is 56.6 Å². The summed E-state index contributed by atoms with van der Waals surface area (Å²) in [7, 11) is 3.21. The van der Waals surface area contributed by atoms with Crippen molar-refractivity contribution in [3.63, 3.8) is 0 Å². The van der Waals surface area contributed by atoms with Gasteiger partial charge in [0.1, 0.15) is 0 Å². The van der Waals surface area contributed by atoms with Crippen molar-refractivity contribution < 1.29 is 14.3 Å². The first kappa shape index (κ1) is 18.1. The van der Waals surface area contributed by atoms with E-state index in [9.17, 15) is 4.79 Å². The minimum atomic E-state index is -0.0306. The second-order valence-corrected chi connectivity index (χ2v) is 6.74. The zero-order chi connectivity index (χ0) is 19.5. The molecule has 0 aliphatic carbocycles. The number of benzene rings is 2. The van der Waals surface area contributed by atoms with Crippen LogP contribution in [0, 0.1) is 0 Å². The number of carbonyl (C=O) groups excluding carboxylic acids is 1. The Kier molecular flexibility index (Phi) is 5.02. The van der Waals surface area contributed by atoms with Gasteiger partial charge in [-0.3, -0.25) is 4.79 Å². The summed E-state index contributed by atoms with van der Waals surface area (Å²) < 4.78 is 12.5. The fourth-order valence-electron chi connectivity index (χ4n) is 3.53. The fourth-order valence-corrected chi connectivity index (χ4v) is 3.53. The van der Waals surface area contributed by atoms with Crippen molar-refractivity contribution >= 4 is 5.91 Å². The number of likely N-dealkylation sites (tertiary alicyclic amines) is 1. The van der Waals surface area contributed by atoms with Crippen LogP contribution >= 0.6 is 0 Å². The van der Waals surface area contributed by atoms with Gasteiger partial charge in [0.2, 0.25) is 0 Å². The van der Waals surface area contributed by atoms with E-state index < -0.39 is 0 Å². The van der Waals surface area contributed by atoms with Gasteiger partial charge in [0.25, 0.3) is 5.91 Å². The maximum Gasteiger partial charge on any atom is 0.275 e. The molecule has 1 aliphatic heterocycles. The molecular weight excluding hydrogens is 354 g/mol. The number of aromatic nitrogens is 2. The molecule has 4 rings (SSSR count). The number of ether oxygens (including phenoxy) is 2. The maximum atomic E-state index is 13.2. The van der Waals surface area contributed by atoms with Gasteiger partial charge in [-0.1, -0.05) is 24.3 Å². The predicted molar refractivity (Wildman–Crippen MR) is 107 cm³/mol. The van der Waals surface area contributed by atoms with E-state index in [1.54, 1.807) is 18.9 Å². The Morgan fingerprint density at radius 1 is 0.964 bits per heavy atom. The van der Waals surface area contributed by atoms with Crippen LogP contribution < -0.4 is 9.47 Å². The van der Waals surface area contributed by atoms with Crippen LogP contribution in [0.25, 0.3) is 16.8 Å². The Bertz CT molecular complexity index is 976. The van der Waals surface area contributed by atoms with E-state index in [2.05, 4.69) is 5.10 Å². The molecule has 144 valence electrons. The number of hydrogen-bond donors (Lipinski definition) is 0. The van der Waals surface area contributed by atoms with Gasteiger partial charge in [0.05, 0.1) is 19.9 Å². The monoisotopic (exact) mass is 377 g/mol. The Morgan fingerprint density at radius 3 is 2.36 bits per heavy atom. The molecule has 3 aromatic rings. The number of para-hydroxylation sites is 1. The lowest BCUT2D eigenvalue weighted by Gasteiger charge is -2.15. The molecule has 0 radical (unpaired) electrons. The summed E-state index contributed by atoms with van der Waals surface area (Å²) >= 11 is 0. The van der Waals surface area contributed by atoms with Crippen molar-refractivity contribution in [2.45, 2.75) is 12.8 Å². The highest BCUT2D eigenvalue weighted by molar-refractivity contribution is 5.99. The molecule has 1 fully saturated rings. The standard InChI is InChI=1S/C22H23N3O3/c1-27-19-11-10-16(14-20(19)28-2)18-15-25(17-8-4-3-5-9-17)23-21(18)22(26)24-12-6-7-13-24/h3-5,8-11,14-15H,6-7,12-13H2,1-2H3. The normalized spacial score (nSPS) is 13.6. The predicted octanol–water partition coefficient (Wildman–Crippen LogP) is 3.79. The van der Waals surface area contributed by atoms with Crippen LogP contribution in [0.1, 0.15) is 23.3 Å². The molecule has 1 saturated heterocycles. The van der Waals surface area contributed by atoms with Crippen molar-refractivity contribution in [1.82, 2.24) is 14.7 Å². The van der Waals surface area contributed by atoms with Crippen LogP contribution in [0.2, 0.25) is 0 Å². The van der Waals surface area contributed by atoms with E-state index in [0.29, 0.717) is 17.2 Å². The molecule has 1 amide bonds. The number of hydrogen-bond acceptors (Lipinski definition) is 4. The van der Waals surface area contributed by atoms with Gasteiger partial charge in [-0.25, -0.2) is 4.68 Å². The van der Waals surface area contributed by atoms with Crippen molar-refractivity contribution in [2.75, 3.05) is 27.3 Å². The lowest BCUT2D eigenvalue weighted by molar-refractivity contribution is 0.0787. The van der Waals surface area contributed by atoms with Crippen molar-refractivity contribution in [1.29, 1.82) is 0 Å². The summed E-state index contributed by atoms with van der Waals surface area (Å²) in [6.45, 7) is 1.56. The lowest BCUT2D eigenvalue weighted by Crippen LogP contribution is -2.28. The van der Waals surface area contributed by atoms with Crippen molar-refractivity contribution in [2.24, 2.45) is 0 Å². The molecule has 0 N–H and O–H groups in total. The molecule has 0 saturated carbocycles. The number of carbonyl (C=O) groups is 1. The van der Waals surface area contributed by atoms with Gasteiger partial charge >= 0.3 is 0 Å². The van der Waals surface area contributed by atoms with Crippen LogP contribution in [0.15, 0.2) is 54.7 Å². The quantitative estimate of drug-likeness (QED) is 0.679. The average molecular weight is 377 g/mol. The van der Waals surface area contributed by atoms with Gasteiger partial charge < -0.3 is 14.4 Å². The van der Waals surface area contributed by atoms with E-state index >= 15 is 0 Å². The maximum absolute atomic E-state index is 13.2. The molecule has 6 heteroatoms. The third-order valence-corrected chi connectivity index (χ3v) is 5.03. The number of amides is 1. The highest BCUT2D eigenvalue weighted by Gasteiger charge is 2.26. The fraction of sp³-hybridized carbons (Fsp3) is 0.273. The van der Waals surface area contributed by atoms with Crippen LogP contribution in [-0.2, 0) is 0 Å². The average Bonchev–Trinajstić information content (AvgIpc) is 3.44. The van der Waals surface area contributed by atoms with Gasteiger partial charge in [0.15, 0.2) is 17.2 Å². The van der Waals surface area contributed by atoms with E-state index in [4.69, 9.17) is 9.47 Å². The van der Waals surface area contributed by atoms with Crippen LogP contribution in [0.5, 0.6) is 11.5 Å². The Balaban J connectivity index is 1.82. The van der Waals surface area contributed by atoms with E-state index in [1.165, 1.54) is 0 Å². The smallest absolute Gasteiger partial charge is 0.275 e. The molecule has 1 aromatic heterocycles. The molecule has 1 aliphatic rings. The van der Waals surface area contributed by atoms with Gasteiger partial charge in [-0.2, -0.15) is 5.10 Å².